The van der Waals surface area contributed by atoms with E-state index in [-0.39, 0.29) is 0 Å². The van der Waals surface area contributed by atoms with Gasteiger partial charge in [-0.2, -0.15) is 0 Å². The predicted octanol–water partition coefficient (Wildman–Crippen LogP) is 0.902. The molecule has 2 N–H and O–H groups in total. The van der Waals surface area contributed by atoms with E-state index in [1.807, 2.05) is 6.33 Å². The molecule has 2 heterocycles. The molecule has 0 amide bonds. The summed E-state index contributed by atoms with van der Waals surface area (Å²) < 4.78 is 7.88. The quantitative estimate of drug-likeness (QED) is 0.818. The zero-order chi connectivity index (χ0) is 14.8. The van der Waals surface area contributed by atoms with Crippen LogP contribution in [-0.2, 0) is 11.3 Å². The van der Waals surface area contributed by atoms with E-state index >= 15 is 0 Å². The molecule has 2 aliphatic carbocycles. The molecule has 6 nitrogen and oxygen atoms in total. The Morgan fingerprint density at radius 2 is 2.27 bits per heavy atom. The molecule has 3 aliphatic rings. The molecule has 4 rings (SSSR count). The van der Waals surface area contributed by atoms with Crippen molar-refractivity contribution >= 4 is 0 Å². The van der Waals surface area contributed by atoms with Gasteiger partial charge in [0.1, 0.15) is 12.2 Å². The van der Waals surface area contributed by atoms with Crippen molar-refractivity contribution in [2.24, 2.45) is 5.92 Å². The minimum Gasteiger partial charge on any atom is -0.379 e. The molecule has 122 valence electrons. The summed E-state index contributed by atoms with van der Waals surface area (Å²) in [7, 11) is 0. The second-order valence-electron chi connectivity index (χ2n) is 6.95. The molecular formula is C16H27N5O. The Kier molecular flexibility index (Phi) is 4.41. The first kappa shape index (κ1) is 14.6. The van der Waals surface area contributed by atoms with Gasteiger partial charge in [0, 0.05) is 37.6 Å². The lowest BCUT2D eigenvalue weighted by atomic mass is 9.94. The third-order valence-corrected chi connectivity index (χ3v) is 5.38. The fourth-order valence-electron chi connectivity index (χ4n) is 4.05. The van der Waals surface area contributed by atoms with Crippen molar-refractivity contribution in [3.63, 3.8) is 0 Å². The molecule has 0 bridgehead atoms. The summed E-state index contributed by atoms with van der Waals surface area (Å²) in [6, 6.07) is 1.16. The van der Waals surface area contributed by atoms with E-state index in [0.717, 1.165) is 32.8 Å². The highest BCUT2D eigenvalue weighted by molar-refractivity contribution is 5.04. The highest BCUT2D eigenvalue weighted by atomic mass is 16.5. The Hall–Kier alpha value is -0.980. The Balaban J connectivity index is 1.28. The number of rotatable bonds is 6. The van der Waals surface area contributed by atoms with Crippen LogP contribution < -0.4 is 10.6 Å². The molecule has 0 spiro atoms. The van der Waals surface area contributed by atoms with Gasteiger partial charge in [0.2, 0.25) is 0 Å². The maximum absolute atomic E-state index is 5.64. The summed E-state index contributed by atoms with van der Waals surface area (Å²) in [5.41, 5.74) is 0. The fourth-order valence-corrected chi connectivity index (χ4v) is 4.05. The first-order chi connectivity index (χ1) is 10.9. The number of morpholine rings is 1. The Labute approximate surface area is 132 Å². The zero-order valence-corrected chi connectivity index (χ0v) is 13.2. The van der Waals surface area contributed by atoms with E-state index in [2.05, 4.69) is 25.4 Å². The highest BCUT2D eigenvalue weighted by Crippen LogP contribution is 2.38. The molecule has 22 heavy (non-hydrogen) atoms. The summed E-state index contributed by atoms with van der Waals surface area (Å²) >= 11 is 0. The largest absolute Gasteiger partial charge is 0.379 e. The second-order valence-corrected chi connectivity index (χ2v) is 6.95. The first-order valence-electron chi connectivity index (χ1n) is 8.84. The van der Waals surface area contributed by atoms with E-state index in [4.69, 9.17) is 4.74 Å². The number of nitrogens with zero attached hydrogens (tertiary/aromatic N) is 3. The van der Waals surface area contributed by atoms with Crippen LogP contribution in [0.5, 0.6) is 0 Å². The number of aromatic nitrogens is 3. The maximum atomic E-state index is 5.64. The van der Waals surface area contributed by atoms with Crippen molar-refractivity contribution in [2.45, 2.75) is 56.7 Å². The summed E-state index contributed by atoms with van der Waals surface area (Å²) in [6.07, 6.45) is 8.39. The molecule has 0 radical (unpaired) electrons. The molecule has 1 aromatic rings. The SMILES string of the molecule is c1nnc(C2CC2)n1CCNC1CCCC1C1COCCN1. The minimum absolute atomic E-state index is 0.533. The Morgan fingerprint density at radius 1 is 1.32 bits per heavy atom. The molecule has 6 heteroatoms. The van der Waals surface area contributed by atoms with Crippen LogP contribution in [0, 0.1) is 5.92 Å². The smallest absolute Gasteiger partial charge is 0.135 e. The van der Waals surface area contributed by atoms with Gasteiger partial charge in [-0.25, -0.2) is 0 Å². The van der Waals surface area contributed by atoms with Gasteiger partial charge < -0.3 is 19.9 Å². The lowest BCUT2D eigenvalue weighted by Gasteiger charge is -2.33. The van der Waals surface area contributed by atoms with Crippen molar-refractivity contribution in [3.8, 4) is 0 Å². The standard InChI is InChI=1S/C16H27N5O/c1-2-13(15-10-22-9-7-18-15)14(3-1)17-6-8-21-11-19-20-16(21)12-4-5-12/h11-15,17-18H,1-10H2. The van der Waals surface area contributed by atoms with Crippen molar-refractivity contribution < 1.29 is 4.74 Å². The van der Waals surface area contributed by atoms with Crippen LogP contribution in [0.25, 0.3) is 0 Å². The number of ether oxygens (including phenoxy) is 1. The molecule has 1 aromatic heterocycles. The molecular weight excluding hydrogens is 278 g/mol. The lowest BCUT2D eigenvalue weighted by molar-refractivity contribution is 0.0525. The van der Waals surface area contributed by atoms with Gasteiger partial charge in [-0.05, 0) is 31.6 Å². The minimum atomic E-state index is 0.533. The van der Waals surface area contributed by atoms with Gasteiger partial charge >= 0.3 is 0 Å². The summed E-state index contributed by atoms with van der Waals surface area (Å²) in [4.78, 5) is 0. The predicted molar refractivity (Wildman–Crippen MR) is 83.7 cm³/mol. The van der Waals surface area contributed by atoms with E-state index in [1.54, 1.807) is 0 Å². The van der Waals surface area contributed by atoms with E-state index in [9.17, 15) is 0 Å². The second kappa shape index (κ2) is 6.64. The van der Waals surface area contributed by atoms with E-state index in [1.165, 1.54) is 37.9 Å². The zero-order valence-electron chi connectivity index (χ0n) is 13.2. The van der Waals surface area contributed by atoms with Crippen molar-refractivity contribution in [1.82, 2.24) is 25.4 Å². The Bertz CT molecular complexity index is 481. The number of nitrogens with one attached hydrogen (secondary N) is 2. The molecule has 3 unspecified atom stereocenters. The number of hydrogen-bond acceptors (Lipinski definition) is 5. The van der Waals surface area contributed by atoms with Crippen molar-refractivity contribution in [3.05, 3.63) is 12.2 Å². The topological polar surface area (TPSA) is 64.0 Å². The van der Waals surface area contributed by atoms with Crippen molar-refractivity contribution in [1.29, 1.82) is 0 Å². The molecule has 1 aliphatic heterocycles. The maximum Gasteiger partial charge on any atom is 0.135 e. The average Bonchev–Trinajstić information content (AvgIpc) is 3.11. The van der Waals surface area contributed by atoms with Gasteiger partial charge in [-0.1, -0.05) is 6.42 Å². The van der Waals surface area contributed by atoms with Crippen LogP contribution in [-0.4, -0.2) is 53.2 Å². The molecule has 2 saturated carbocycles. The summed E-state index contributed by atoms with van der Waals surface area (Å²) in [5, 5.41) is 15.8. The van der Waals surface area contributed by atoms with Crippen LogP contribution in [0.2, 0.25) is 0 Å². The summed E-state index contributed by atoms with van der Waals surface area (Å²) in [5.74, 6) is 2.57. The molecule has 0 aromatic carbocycles. The molecule has 3 atom stereocenters. The highest BCUT2D eigenvalue weighted by Gasteiger charge is 2.34. The van der Waals surface area contributed by atoms with Gasteiger partial charge in [-0.3, -0.25) is 0 Å². The average molecular weight is 305 g/mol. The lowest BCUT2D eigenvalue weighted by Crippen LogP contribution is -2.51. The summed E-state index contributed by atoms with van der Waals surface area (Å²) in [6.45, 7) is 4.72. The normalized spacial score (nSPS) is 32.5. The van der Waals surface area contributed by atoms with Crippen LogP contribution in [0.3, 0.4) is 0 Å². The fraction of sp³-hybridized carbons (Fsp3) is 0.875. The van der Waals surface area contributed by atoms with Crippen LogP contribution in [0.4, 0.5) is 0 Å². The monoisotopic (exact) mass is 305 g/mol. The van der Waals surface area contributed by atoms with E-state index in [0.29, 0.717) is 23.9 Å². The van der Waals surface area contributed by atoms with Crippen LogP contribution >= 0.6 is 0 Å². The third kappa shape index (κ3) is 3.19. The number of hydrogen-bond donors (Lipinski definition) is 2. The molecule has 1 saturated heterocycles. The van der Waals surface area contributed by atoms with E-state index < -0.39 is 0 Å². The Morgan fingerprint density at radius 3 is 3.09 bits per heavy atom. The first-order valence-corrected chi connectivity index (χ1v) is 8.84. The van der Waals surface area contributed by atoms with Crippen molar-refractivity contribution in [2.75, 3.05) is 26.3 Å². The van der Waals surface area contributed by atoms with Gasteiger partial charge in [0.05, 0.1) is 13.2 Å². The molecule has 3 fully saturated rings. The van der Waals surface area contributed by atoms with Gasteiger partial charge in [-0.15, -0.1) is 10.2 Å². The van der Waals surface area contributed by atoms with Crippen LogP contribution in [0.15, 0.2) is 6.33 Å². The van der Waals surface area contributed by atoms with Gasteiger partial charge in [0.25, 0.3) is 0 Å². The van der Waals surface area contributed by atoms with Gasteiger partial charge in [0.15, 0.2) is 0 Å². The third-order valence-electron chi connectivity index (χ3n) is 5.38. The van der Waals surface area contributed by atoms with Crippen LogP contribution in [0.1, 0.15) is 43.8 Å².